The van der Waals surface area contributed by atoms with E-state index in [1.165, 1.54) is 10.4 Å². The highest BCUT2D eigenvalue weighted by Crippen LogP contribution is 2.34. The van der Waals surface area contributed by atoms with E-state index in [-0.39, 0.29) is 11.9 Å². The van der Waals surface area contributed by atoms with Gasteiger partial charge in [-0.3, -0.25) is 4.79 Å². The molecule has 26 heavy (non-hydrogen) atoms. The third-order valence-electron chi connectivity index (χ3n) is 4.72. The summed E-state index contributed by atoms with van der Waals surface area (Å²) in [5, 5.41) is 8.42. The van der Waals surface area contributed by atoms with E-state index in [1.54, 1.807) is 11.3 Å². The zero-order valence-electron chi connectivity index (χ0n) is 14.7. The first-order chi connectivity index (χ1) is 12.7. The van der Waals surface area contributed by atoms with E-state index in [0.717, 1.165) is 30.7 Å². The van der Waals surface area contributed by atoms with Crippen LogP contribution in [0.5, 0.6) is 0 Å². The molecule has 1 atom stereocenters. The Kier molecular flexibility index (Phi) is 4.84. The quantitative estimate of drug-likeness (QED) is 0.670. The molecule has 134 valence electrons. The van der Waals surface area contributed by atoms with Crippen molar-refractivity contribution in [1.82, 2.24) is 15.1 Å². The van der Waals surface area contributed by atoms with Gasteiger partial charge in [0, 0.05) is 17.8 Å². The number of benzene rings is 1. The lowest BCUT2D eigenvalue weighted by atomic mass is 10.1. The van der Waals surface area contributed by atoms with Crippen molar-refractivity contribution in [3.05, 3.63) is 58.8 Å². The fraction of sp³-hybridized carbons (Fsp3) is 0.350. The Morgan fingerprint density at radius 1 is 1.23 bits per heavy atom. The molecule has 0 saturated carbocycles. The molecule has 1 fully saturated rings. The first-order valence-corrected chi connectivity index (χ1v) is 9.76. The zero-order chi connectivity index (χ0) is 17.9. The minimum Gasteiger partial charge on any atom is -0.418 e. The number of amides is 1. The summed E-state index contributed by atoms with van der Waals surface area (Å²) in [6.07, 6.45) is 3.11. The average molecular weight is 367 g/mol. The van der Waals surface area contributed by atoms with Crippen molar-refractivity contribution in [3.8, 4) is 10.8 Å². The van der Waals surface area contributed by atoms with E-state index in [1.807, 2.05) is 35.2 Å². The summed E-state index contributed by atoms with van der Waals surface area (Å²) < 4.78 is 5.90. The topological polar surface area (TPSA) is 59.2 Å². The maximum Gasteiger partial charge on any atom is 0.257 e. The second-order valence-electron chi connectivity index (χ2n) is 6.59. The van der Waals surface area contributed by atoms with Gasteiger partial charge in [-0.25, -0.2) is 0 Å². The molecule has 0 radical (unpaired) electrons. The maximum atomic E-state index is 12.7. The average Bonchev–Trinajstić information content (AvgIpc) is 3.39. The number of hydrogen-bond acceptors (Lipinski definition) is 5. The predicted octanol–water partition coefficient (Wildman–Crippen LogP) is 4.40. The maximum absolute atomic E-state index is 12.7. The third-order valence-corrected chi connectivity index (χ3v) is 5.71. The van der Waals surface area contributed by atoms with Crippen molar-refractivity contribution < 1.29 is 9.21 Å². The normalized spacial score (nSPS) is 17.0. The van der Waals surface area contributed by atoms with Crippen LogP contribution in [0.1, 0.15) is 41.6 Å². The molecule has 0 N–H and O–H groups in total. The number of nitrogens with zero attached hydrogens (tertiary/aromatic N) is 3. The number of aryl methyl sites for hydroxylation is 2. The number of thiophene rings is 1. The van der Waals surface area contributed by atoms with Crippen LogP contribution >= 0.6 is 11.3 Å². The second-order valence-corrected chi connectivity index (χ2v) is 7.87. The molecule has 1 amide bonds. The standard InChI is InChI=1S/C20H21N3O2S/c1-14-9-11-17(26-14)20-22-21-19(25-20)16-8-5-13-23(16)18(24)12-10-15-6-3-2-4-7-15/h2-4,6-7,9,11,16H,5,8,10,12-13H2,1H3/t16-/m1/s1. The van der Waals surface area contributed by atoms with Crippen molar-refractivity contribution in [1.29, 1.82) is 0 Å². The molecule has 1 saturated heterocycles. The molecule has 2 aromatic heterocycles. The monoisotopic (exact) mass is 367 g/mol. The van der Waals surface area contributed by atoms with Crippen molar-refractivity contribution in [3.63, 3.8) is 0 Å². The van der Waals surface area contributed by atoms with Crippen LogP contribution in [0.3, 0.4) is 0 Å². The van der Waals surface area contributed by atoms with Gasteiger partial charge in [-0.2, -0.15) is 0 Å². The highest BCUT2D eigenvalue weighted by atomic mass is 32.1. The van der Waals surface area contributed by atoms with Gasteiger partial charge in [0.1, 0.15) is 6.04 Å². The van der Waals surface area contributed by atoms with Crippen molar-refractivity contribution in [2.45, 2.75) is 38.6 Å². The van der Waals surface area contributed by atoms with E-state index < -0.39 is 0 Å². The van der Waals surface area contributed by atoms with E-state index >= 15 is 0 Å². The van der Waals surface area contributed by atoms with Gasteiger partial charge in [0.25, 0.3) is 5.89 Å². The molecule has 4 rings (SSSR count). The summed E-state index contributed by atoms with van der Waals surface area (Å²) in [6, 6.07) is 14.1. The Morgan fingerprint density at radius 3 is 2.85 bits per heavy atom. The second kappa shape index (κ2) is 7.41. The van der Waals surface area contributed by atoms with Crippen LogP contribution < -0.4 is 0 Å². The summed E-state index contributed by atoms with van der Waals surface area (Å²) in [5.41, 5.74) is 1.18. The van der Waals surface area contributed by atoms with Gasteiger partial charge in [-0.05, 0) is 43.9 Å². The molecule has 0 unspecified atom stereocenters. The Morgan fingerprint density at radius 2 is 2.08 bits per heavy atom. The predicted molar refractivity (Wildman–Crippen MR) is 101 cm³/mol. The first-order valence-electron chi connectivity index (χ1n) is 8.94. The summed E-state index contributed by atoms with van der Waals surface area (Å²) >= 11 is 1.63. The summed E-state index contributed by atoms with van der Waals surface area (Å²) in [4.78, 5) is 16.8. The largest absolute Gasteiger partial charge is 0.418 e. The smallest absolute Gasteiger partial charge is 0.257 e. The number of carbonyl (C=O) groups excluding carboxylic acids is 1. The fourth-order valence-electron chi connectivity index (χ4n) is 3.38. The van der Waals surface area contributed by atoms with Gasteiger partial charge >= 0.3 is 0 Å². The van der Waals surface area contributed by atoms with Gasteiger partial charge < -0.3 is 9.32 Å². The van der Waals surface area contributed by atoms with E-state index in [0.29, 0.717) is 18.2 Å². The van der Waals surface area contributed by atoms with Crippen LogP contribution in [0, 0.1) is 6.92 Å². The van der Waals surface area contributed by atoms with E-state index in [2.05, 4.69) is 29.3 Å². The SMILES string of the molecule is Cc1ccc(-c2nnc([C@H]3CCCN3C(=O)CCc3ccccc3)o2)s1. The minimum absolute atomic E-state index is 0.0967. The summed E-state index contributed by atoms with van der Waals surface area (Å²) in [7, 11) is 0. The lowest BCUT2D eigenvalue weighted by Gasteiger charge is -2.22. The Balaban J connectivity index is 1.44. The van der Waals surface area contributed by atoms with E-state index in [9.17, 15) is 4.79 Å². The first kappa shape index (κ1) is 17.0. The molecule has 1 aromatic carbocycles. The van der Waals surface area contributed by atoms with Crippen LogP contribution in [0.4, 0.5) is 0 Å². The molecule has 3 heterocycles. The lowest BCUT2D eigenvalue weighted by Crippen LogP contribution is -2.30. The van der Waals surface area contributed by atoms with Crippen LogP contribution in [-0.4, -0.2) is 27.5 Å². The van der Waals surface area contributed by atoms with Crippen LogP contribution in [0.15, 0.2) is 46.9 Å². The number of aromatic nitrogens is 2. The molecule has 6 heteroatoms. The van der Waals surface area contributed by atoms with Crippen LogP contribution in [-0.2, 0) is 11.2 Å². The van der Waals surface area contributed by atoms with Gasteiger partial charge in [0.05, 0.1) is 4.88 Å². The summed E-state index contributed by atoms with van der Waals surface area (Å²) in [5.74, 6) is 1.25. The molecular formula is C20H21N3O2S. The zero-order valence-corrected chi connectivity index (χ0v) is 15.5. The minimum atomic E-state index is -0.0967. The van der Waals surface area contributed by atoms with Gasteiger partial charge in [0.15, 0.2) is 0 Å². The molecule has 3 aromatic rings. The Hall–Kier alpha value is -2.47. The van der Waals surface area contributed by atoms with Crippen molar-refractivity contribution >= 4 is 17.2 Å². The molecule has 5 nitrogen and oxygen atoms in total. The number of likely N-dealkylation sites (tertiary alicyclic amines) is 1. The van der Waals surface area contributed by atoms with E-state index in [4.69, 9.17) is 4.42 Å². The lowest BCUT2D eigenvalue weighted by molar-refractivity contribution is -0.132. The third kappa shape index (κ3) is 3.55. The van der Waals surface area contributed by atoms with Crippen molar-refractivity contribution in [2.24, 2.45) is 0 Å². The molecular weight excluding hydrogens is 346 g/mol. The Labute approximate surface area is 156 Å². The fourth-order valence-corrected chi connectivity index (χ4v) is 4.17. The molecule has 1 aliphatic rings. The highest BCUT2D eigenvalue weighted by Gasteiger charge is 2.33. The molecule has 0 aliphatic carbocycles. The highest BCUT2D eigenvalue weighted by molar-refractivity contribution is 7.15. The Bertz CT molecular complexity index is 887. The molecule has 0 spiro atoms. The number of hydrogen-bond donors (Lipinski definition) is 0. The number of rotatable bonds is 5. The van der Waals surface area contributed by atoms with Crippen LogP contribution in [0.2, 0.25) is 0 Å². The molecule has 1 aliphatic heterocycles. The van der Waals surface area contributed by atoms with Gasteiger partial charge in [-0.15, -0.1) is 21.5 Å². The van der Waals surface area contributed by atoms with Gasteiger partial charge in [0.2, 0.25) is 11.8 Å². The van der Waals surface area contributed by atoms with Crippen molar-refractivity contribution in [2.75, 3.05) is 6.54 Å². The van der Waals surface area contributed by atoms with Gasteiger partial charge in [-0.1, -0.05) is 30.3 Å². The van der Waals surface area contributed by atoms with Crippen LogP contribution in [0.25, 0.3) is 10.8 Å². The number of carbonyl (C=O) groups is 1. The molecule has 0 bridgehead atoms. The summed E-state index contributed by atoms with van der Waals surface area (Å²) in [6.45, 7) is 2.81.